The van der Waals surface area contributed by atoms with Crippen LogP contribution in [0.2, 0.25) is 0 Å². The van der Waals surface area contributed by atoms with Crippen molar-refractivity contribution in [2.75, 3.05) is 38.2 Å². The first-order valence-electron chi connectivity index (χ1n) is 12.5. The average Bonchev–Trinajstić information content (AvgIpc) is 3.27. The number of likely N-dealkylation sites (tertiary alicyclic amines) is 1. The van der Waals surface area contributed by atoms with Crippen LogP contribution in [0.1, 0.15) is 36.0 Å². The zero-order chi connectivity index (χ0) is 26.0. The van der Waals surface area contributed by atoms with Gasteiger partial charge in [0.2, 0.25) is 0 Å². The molecule has 2 N–H and O–H groups in total. The van der Waals surface area contributed by atoms with Crippen LogP contribution in [0.5, 0.6) is 11.5 Å². The largest absolute Gasteiger partial charge is 0.456 e. The van der Waals surface area contributed by atoms with Gasteiger partial charge in [0.15, 0.2) is 11.5 Å². The Kier molecular flexibility index (Phi) is 7.53. The molecule has 5 rings (SSSR count). The van der Waals surface area contributed by atoms with Crippen molar-refractivity contribution in [2.45, 2.75) is 37.9 Å². The number of alkyl halides is 3. The van der Waals surface area contributed by atoms with Gasteiger partial charge in [0.1, 0.15) is 16.9 Å². The molecule has 2 fully saturated rings. The number of hydrogen-bond donors (Lipinski definition) is 2. The van der Waals surface area contributed by atoms with Gasteiger partial charge in [0.25, 0.3) is 5.91 Å². The van der Waals surface area contributed by atoms with E-state index in [1.54, 1.807) is 36.5 Å². The lowest BCUT2D eigenvalue weighted by molar-refractivity contribution is -0.184. The van der Waals surface area contributed by atoms with Crippen molar-refractivity contribution in [3.05, 3.63) is 42.1 Å². The molecule has 3 atom stereocenters. The van der Waals surface area contributed by atoms with E-state index >= 15 is 0 Å². The predicted molar refractivity (Wildman–Crippen MR) is 138 cm³/mol. The van der Waals surface area contributed by atoms with E-state index in [0.29, 0.717) is 38.8 Å². The van der Waals surface area contributed by atoms with Crippen molar-refractivity contribution in [1.29, 1.82) is 0 Å². The summed E-state index contributed by atoms with van der Waals surface area (Å²) in [7, 11) is 0.392. The normalized spacial score (nSPS) is 21.0. The minimum Gasteiger partial charge on any atom is -0.456 e. The van der Waals surface area contributed by atoms with Crippen LogP contribution < -0.4 is 15.4 Å². The molecular formula is C25H30F3N6O2P. The third-order valence-corrected chi connectivity index (χ3v) is 7.62. The van der Waals surface area contributed by atoms with Gasteiger partial charge in [-0.1, -0.05) is 0 Å². The first kappa shape index (κ1) is 25.7. The van der Waals surface area contributed by atoms with Crippen LogP contribution >= 0.6 is 8.73 Å². The van der Waals surface area contributed by atoms with Crippen molar-refractivity contribution in [1.82, 2.24) is 24.8 Å². The van der Waals surface area contributed by atoms with Crippen LogP contribution in [0.25, 0.3) is 11.0 Å². The average molecular weight is 535 g/mol. The highest BCUT2D eigenvalue weighted by molar-refractivity contribution is 7.35. The Morgan fingerprint density at radius 1 is 1.19 bits per heavy atom. The quantitative estimate of drug-likeness (QED) is 0.439. The Morgan fingerprint density at radius 2 is 2.00 bits per heavy atom. The molecule has 12 heteroatoms. The number of rotatable bonds is 6. The summed E-state index contributed by atoms with van der Waals surface area (Å²) < 4.78 is 47.5. The van der Waals surface area contributed by atoms with E-state index in [-0.39, 0.29) is 19.0 Å². The van der Waals surface area contributed by atoms with Gasteiger partial charge < -0.3 is 20.3 Å². The van der Waals surface area contributed by atoms with Crippen LogP contribution in [0, 0.1) is 5.92 Å². The SMILES string of the molecule is CPn1nc(N[C@@H]2CCCNC2)c2c(Oc3ccc(C(=O)N4CCCC(C(F)(F)F)C4)cc3)ccnc21. The molecule has 0 radical (unpaired) electrons. The summed E-state index contributed by atoms with van der Waals surface area (Å²) in [5, 5.41) is 12.5. The highest BCUT2D eigenvalue weighted by Gasteiger charge is 2.42. The Morgan fingerprint density at radius 3 is 2.70 bits per heavy atom. The van der Waals surface area contributed by atoms with Gasteiger partial charge in [-0.15, -0.1) is 5.10 Å². The van der Waals surface area contributed by atoms with Gasteiger partial charge in [-0.25, -0.2) is 9.44 Å². The van der Waals surface area contributed by atoms with Gasteiger partial charge in [-0.3, -0.25) is 4.79 Å². The van der Waals surface area contributed by atoms with E-state index in [2.05, 4.69) is 15.6 Å². The number of ether oxygens (including phenoxy) is 1. The van der Waals surface area contributed by atoms with E-state index in [4.69, 9.17) is 9.84 Å². The molecule has 2 aliphatic heterocycles. The smallest absolute Gasteiger partial charge is 0.393 e. The highest BCUT2D eigenvalue weighted by Crippen LogP contribution is 2.37. The zero-order valence-corrected chi connectivity index (χ0v) is 21.5. The number of hydrogen-bond acceptors (Lipinski definition) is 6. The maximum Gasteiger partial charge on any atom is 0.393 e. The summed E-state index contributed by atoms with van der Waals surface area (Å²) in [6.45, 7) is 3.92. The number of aromatic nitrogens is 3. The molecule has 0 bridgehead atoms. The fourth-order valence-electron chi connectivity index (χ4n) is 4.93. The molecule has 8 nitrogen and oxygen atoms in total. The molecule has 2 unspecified atom stereocenters. The summed E-state index contributed by atoms with van der Waals surface area (Å²) in [6, 6.07) is 8.55. The lowest BCUT2D eigenvalue weighted by Crippen LogP contribution is -2.44. The second kappa shape index (κ2) is 10.8. The van der Waals surface area contributed by atoms with Crippen molar-refractivity contribution in [3.8, 4) is 11.5 Å². The van der Waals surface area contributed by atoms with Gasteiger partial charge in [0.05, 0.1) is 5.92 Å². The predicted octanol–water partition coefficient (Wildman–Crippen LogP) is 4.87. The molecule has 4 heterocycles. The minimum absolute atomic E-state index is 0.0592. The first-order valence-corrected chi connectivity index (χ1v) is 13.9. The molecule has 2 aromatic heterocycles. The van der Waals surface area contributed by atoms with Crippen LogP contribution in [0.15, 0.2) is 36.5 Å². The molecule has 2 saturated heterocycles. The summed E-state index contributed by atoms with van der Waals surface area (Å²) in [5.41, 5.74) is 1.06. The van der Waals surface area contributed by atoms with Gasteiger partial charge in [-0.2, -0.15) is 13.2 Å². The maximum absolute atomic E-state index is 13.2. The number of halogens is 3. The van der Waals surface area contributed by atoms with Gasteiger partial charge in [-0.05, 0) is 63.2 Å². The number of amides is 1. The van der Waals surface area contributed by atoms with Gasteiger partial charge in [0, 0.05) is 52.2 Å². The number of anilines is 1. The zero-order valence-electron chi connectivity index (χ0n) is 20.5. The van der Waals surface area contributed by atoms with Crippen LogP contribution in [0.4, 0.5) is 19.0 Å². The number of piperidine rings is 2. The second-order valence-electron chi connectivity index (χ2n) is 9.44. The number of benzene rings is 1. The second-order valence-corrected chi connectivity index (χ2v) is 10.3. The van der Waals surface area contributed by atoms with E-state index in [1.807, 2.05) is 11.1 Å². The van der Waals surface area contributed by atoms with Crippen LogP contribution in [-0.4, -0.2) is 70.4 Å². The molecule has 0 saturated carbocycles. The highest BCUT2D eigenvalue weighted by atomic mass is 31.1. The van der Waals surface area contributed by atoms with E-state index in [9.17, 15) is 18.0 Å². The standard InChI is InChI=1S/C25H30F3N6O2P/c1-37-34-23-21(22(32-34)31-18-5-2-11-29-14-18)20(10-12-30-23)36-19-8-6-16(7-9-19)24(35)33-13-3-4-17(15-33)25(26,27)28/h6-10,12,17-18,29,37H,2-5,11,13-15H2,1H3,(H,31,32)/t17?,18-/m1/s1. The lowest BCUT2D eigenvalue weighted by Gasteiger charge is -2.33. The third-order valence-electron chi connectivity index (χ3n) is 6.88. The fraction of sp³-hybridized carbons (Fsp3) is 0.480. The summed E-state index contributed by atoms with van der Waals surface area (Å²) in [4.78, 5) is 18.7. The molecule has 37 heavy (non-hydrogen) atoms. The number of carbonyl (C=O) groups is 1. The molecule has 1 amide bonds. The fourth-order valence-corrected chi connectivity index (χ4v) is 5.51. The molecule has 3 aromatic rings. The van der Waals surface area contributed by atoms with Crippen molar-refractivity contribution < 1.29 is 22.7 Å². The summed E-state index contributed by atoms with van der Waals surface area (Å²) in [5.74, 6) is -0.0580. The molecule has 2 aliphatic rings. The molecular weight excluding hydrogens is 504 g/mol. The summed E-state index contributed by atoms with van der Waals surface area (Å²) >= 11 is 0. The lowest BCUT2D eigenvalue weighted by atomic mass is 9.97. The molecule has 1 aromatic carbocycles. The Labute approximate surface area is 214 Å². The number of nitrogens with zero attached hydrogens (tertiary/aromatic N) is 4. The van der Waals surface area contributed by atoms with E-state index < -0.39 is 18.0 Å². The molecule has 0 spiro atoms. The Bertz CT molecular complexity index is 1240. The first-order chi connectivity index (χ1) is 17.8. The monoisotopic (exact) mass is 534 g/mol. The number of carbonyl (C=O) groups excluding carboxylic acids is 1. The summed E-state index contributed by atoms with van der Waals surface area (Å²) in [6.07, 6.45) is -0.0829. The third kappa shape index (κ3) is 5.67. The molecule has 0 aliphatic carbocycles. The number of nitrogens with one attached hydrogen (secondary N) is 2. The van der Waals surface area contributed by atoms with Gasteiger partial charge >= 0.3 is 6.18 Å². The Balaban J connectivity index is 1.34. The van der Waals surface area contributed by atoms with Crippen molar-refractivity contribution in [2.24, 2.45) is 5.92 Å². The number of fused-ring (bicyclic) bond motifs is 1. The van der Waals surface area contributed by atoms with Crippen molar-refractivity contribution >= 4 is 31.5 Å². The van der Waals surface area contributed by atoms with Crippen LogP contribution in [0.3, 0.4) is 0 Å². The van der Waals surface area contributed by atoms with E-state index in [1.165, 1.54) is 4.90 Å². The maximum atomic E-state index is 13.2. The number of pyridine rings is 1. The van der Waals surface area contributed by atoms with E-state index in [0.717, 1.165) is 42.8 Å². The van der Waals surface area contributed by atoms with Crippen LogP contribution in [-0.2, 0) is 0 Å². The Hall–Kier alpha value is -2.91. The minimum atomic E-state index is -4.29. The molecule has 198 valence electrons. The van der Waals surface area contributed by atoms with Crippen molar-refractivity contribution in [3.63, 3.8) is 0 Å². The topological polar surface area (TPSA) is 84.3 Å².